The van der Waals surface area contributed by atoms with Crippen molar-refractivity contribution in [2.24, 2.45) is 0 Å². The third-order valence-electron chi connectivity index (χ3n) is 1.57. The molecular weight excluding hydrogens is 269 g/mol. The molecule has 0 N–H and O–H groups in total. The molecule has 0 aliphatic carbocycles. The van der Waals surface area contributed by atoms with Crippen LogP contribution in [0.3, 0.4) is 0 Å². The highest BCUT2D eigenvalue weighted by Gasteiger charge is 2.33. The van der Waals surface area contributed by atoms with Crippen molar-refractivity contribution >= 4 is 28.7 Å². The molecule has 1 rings (SSSR count). The molecule has 1 saturated heterocycles. The van der Waals surface area contributed by atoms with Crippen LogP contribution >= 0.6 is 22.6 Å². The summed E-state index contributed by atoms with van der Waals surface area (Å²) < 4.78 is 5.53. The molecule has 0 radical (unpaired) electrons. The van der Waals surface area contributed by atoms with Crippen LogP contribution in [0.25, 0.3) is 0 Å². The average Bonchev–Trinajstić information content (AvgIpc) is 1.79. The fourth-order valence-corrected chi connectivity index (χ4v) is 1.67. The van der Waals surface area contributed by atoms with E-state index in [0.29, 0.717) is 4.05 Å². The van der Waals surface area contributed by atoms with Gasteiger partial charge >= 0.3 is 6.09 Å². The summed E-state index contributed by atoms with van der Waals surface area (Å²) in [6, 6.07) is 0. The molecular formula is C8H14INO2. The molecule has 1 fully saturated rings. The van der Waals surface area contributed by atoms with Crippen molar-refractivity contribution in [2.45, 2.75) is 36.8 Å². The first-order chi connectivity index (χ1) is 5.40. The Morgan fingerprint density at radius 2 is 2.17 bits per heavy atom. The Balaban J connectivity index is 2.39. The molecule has 1 unspecified atom stereocenters. The number of amides is 1. The van der Waals surface area contributed by atoms with E-state index in [1.165, 1.54) is 0 Å². The van der Waals surface area contributed by atoms with Crippen LogP contribution in [0.15, 0.2) is 0 Å². The second-order valence-corrected chi connectivity index (χ2v) is 5.33. The summed E-state index contributed by atoms with van der Waals surface area (Å²) in [5.41, 5.74) is -0.372. The Hall–Kier alpha value is 0. The summed E-state index contributed by atoms with van der Waals surface area (Å²) >= 11 is 2.25. The maximum atomic E-state index is 11.4. The Morgan fingerprint density at radius 1 is 1.58 bits per heavy atom. The van der Waals surface area contributed by atoms with E-state index >= 15 is 0 Å². The van der Waals surface area contributed by atoms with Gasteiger partial charge in [-0.05, 0) is 27.2 Å². The quantitative estimate of drug-likeness (QED) is 0.388. The lowest BCUT2D eigenvalue weighted by Gasteiger charge is -2.37. The molecule has 0 bridgehead atoms. The Morgan fingerprint density at radius 3 is 2.42 bits per heavy atom. The zero-order chi connectivity index (χ0) is 9.35. The van der Waals surface area contributed by atoms with Gasteiger partial charge in [-0.25, -0.2) is 4.79 Å². The zero-order valence-corrected chi connectivity index (χ0v) is 9.79. The smallest absolute Gasteiger partial charge is 0.411 e. The zero-order valence-electron chi connectivity index (χ0n) is 7.63. The van der Waals surface area contributed by atoms with Crippen molar-refractivity contribution in [3.05, 3.63) is 0 Å². The standard InChI is InChI=1S/C8H14INO2/c1-8(2,3)12-7(11)10-5-4-6(10)9/h6H,4-5H2,1-3H3. The number of carbonyl (C=O) groups excluding carboxylic acids is 1. The van der Waals surface area contributed by atoms with Gasteiger partial charge in [-0.1, -0.05) is 22.6 Å². The monoisotopic (exact) mass is 283 g/mol. The molecule has 0 aromatic carbocycles. The number of hydrogen-bond donors (Lipinski definition) is 0. The molecule has 1 aliphatic heterocycles. The van der Waals surface area contributed by atoms with Crippen LogP contribution in [-0.4, -0.2) is 27.2 Å². The summed E-state index contributed by atoms with van der Waals surface area (Å²) in [5, 5.41) is 0. The minimum absolute atomic E-state index is 0.187. The minimum Gasteiger partial charge on any atom is -0.444 e. The molecule has 70 valence electrons. The van der Waals surface area contributed by atoms with Gasteiger partial charge in [0.25, 0.3) is 0 Å². The van der Waals surface area contributed by atoms with Crippen molar-refractivity contribution < 1.29 is 9.53 Å². The average molecular weight is 283 g/mol. The number of ether oxygens (including phenoxy) is 1. The van der Waals surface area contributed by atoms with E-state index in [0.717, 1.165) is 13.0 Å². The molecule has 3 nitrogen and oxygen atoms in total. The predicted octanol–water partition coefficient (Wildman–Crippen LogP) is 2.39. The van der Waals surface area contributed by atoms with E-state index in [9.17, 15) is 4.79 Å². The van der Waals surface area contributed by atoms with Gasteiger partial charge in [0.2, 0.25) is 0 Å². The number of likely N-dealkylation sites (tertiary alicyclic amines) is 1. The van der Waals surface area contributed by atoms with E-state index in [2.05, 4.69) is 22.6 Å². The van der Waals surface area contributed by atoms with Gasteiger partial charge in [0.1, 0.15) is 5.60 Å². The number of nitrogens with zero attached hydrogens (tertiary/aromatic N) is 1. The molecule has 0 aromatic rings. The van der Waals surface area contributed by atoms with Gasteiger partial charge in [-0.2, -0.15) is 0 Å². The Kier molecular flexibility index (Phi) is 2.85. The van der Waals surface area contributed by atoms with E-state index in [-0.39, 0.29) is 11.7 Å². The van der Waals surface area contributed by atoms with E-state index in [1.54, 1.807) is 4.90 Å². The summed E-state index contributed by atoms with van der Waals surface area (Å²) in [4.78, 5) is 13.1. The molecule has 4 heteroatoms. The van der Waals surface area contributed by atoms with Crippen LogP contribution in [0.5, 0.6) is 0 Å². The molecule has 12 heavy (non-hydrogen) atoms. The molecule has 1 amide bonds. The van der Waals surface area contributed by atoms with E-state index in [4.69, 9.17) is 4.74 Å². The second kappa shape index (κ2) is 3.40. The number of carbonyl (C=O) groups is 1. The highest BCUT2D eigenvalue weighted by Crippen LogP contribution is 2.25. The van der Waals surface area contributed by atoms with Crippen molar-refractivity contribution in [1.29, 1.82) is 0 Å². The first-order valence-corrected chi connectivity index (χ1v) is 5.28. The first kappa shape index (κ1) is 10.1. The summed E-state index contributed by atoms with van der Waals surface area (Å²) in [6.07, 6.45) is 0.896. The fraction of sp³-hybridized carbons (Fsp3) is 0.875. The SMILES string of the molecule is CC(C)(C)OC(=O)N1CCC1I. The lowest BCUT2D eigenvalue weighted by molar-refractivity contribution is 0.0106. The number of halogens is 1. The van der Waals surface area contributed by atoms with Crippen LogP contribution in [-0.2, 0) is 4.74 Å². The van der Waals surface area contributed by atoms with Crippen molar-refractivity contribution in [3.63, 3.8) is 0 Å². The first-order valence-electron chi connectivity index (χ1n) is 4.04. The van der Waals surface area contributed by atoms with Crippen molar-refractivity contribution in [2.75, 3.05) is 6.54 Å². The minimum atomic E-state index is -0.372. The predicted molar refractivity (Wildman–Crippen MR) is 55.4 cm³/mol. The Bertz CT molecular complexity index is 188. The fourth-order valence-electron chi connectivity index (χ4n) is 0.882. The van der Waals surface area contributed by atoms with Gasteiger partial charge < -0.3 is 4.74 Å². The highest BCUT2D eigenvalue weighted by atomic mass is 127. The van der Waals surface area contributed by atoms with Crippen LogP contribution < -0.4 is 0 Å². The van der Waals surface area contributed by atoms with Crippen molar-refractivity contribution in [3.8, 4) is 0 Å². The third kappa shape index (κ3) is 2.50. The second-order valence-electron chi connectivity index (χ2n) is 3.90. The van der Waals surface area contributed by atoms with Gasteiger partial charge in [-0.15, -0.1) is 0 Å². The normalized spacial score (nSPS) is 23.3. The van der Waals surface area contributed by atoms with Gasteiger partial charge in [0.05, 0.1) is 4.05 Å². The lowest BCUT2D eigenvalue weighted by Crippen LogP contribution is -2.49. The maximum absolute atomic E-state index is 11.4. The molecule has 1 aliphatic rings. The Labute approximate surface area is 86.6 Å². The molecule has 1 heterocycles. The highest BCUT2D eigenvalue weighted by molar-refractivity contribution is 14.1. The summed E-state index contributed by atoms with van der Waals surface area (Å²) in [5.74, 6) is 0. The number of rotatable bonds is 0. The van der Waals surface area contributed by atoms with Crippen LogP contribution in [0.2, 0.25) is 0 Å². The topological polar surface area (TPSA) is 29.5 Å². The molecule has 0 saturated carbocycles. The van der Waals surface area contributed by atoms with Crippen LogP contribution in [0, 0.1) is 0 Å². The van der Waals surface area contributed by atoms with Gasteiger partial charge in [0, 0.05) is 6.54 Å². The molecule has 0 spiro atoms. The molecule has 0 aromatic heterocycles. The van der Waals surface area contributed by atoms with E-state index < -0.39 is 0 Å². The molecule has 1 atom stereocenters. The third-order valence-corrected chi connectivity index (χ3v) is 2.87. The number of hydrogen-bond acceptors (Lipinski definition) is 2. The van der Waals surface area contributed by atoms with Gasteiger partial charge in [-0.3, -0.25) is 4.90 Å². The lowest BCUT2D eigenvalue weighted by atomic mass is 10.2. The largest absolute Gasteiger partial charge is 0.444 e. The van der Waals surface area contributed by atoms with Gasteiger partial charge in [0.15, 0.2) is 0 Å². The van der Waals surface area contributed by atoms with E-state index in [1.807, 2.05) is 20.8 Å². The summed E-state index contributed by atoms with van der Waals surface area (Å²) in [7, 11) is 0. The summed E-state index contributed by atoms with van der Waals surface area (Å²) in [6.45, 7) is 6.48. The van der Waals surface area contributed by atoms with Crippen molar-refractivity contribution in [1.82, 2.24) is 4.90 Å². The maximum Gasteiger partial charge on any atom is 0.411 e. The van der Waals surface area contributed by atoms with Crippen LogP contribution in [0.1, 0.15) is 27.2 Å². The van der Waals surface area contributed by atoms with Crippen LogP contribution in [0.4, 0.5) is 4.79 Å². The number of alkyl halides is 1.